The van der Waals surface area contributed by atoms with Crippen LogP contribution in [0.5, 0.6) is 0 Å². The van der Waals surface area contributed by atoms with Crippen LogP contribution in [0.4, 0.5) is 29.1 Å². The zero-order valence-electron chi connectivity index (χ0n) is 13.2. The lowest BCUT2D eigenvalue weighted by Gasteiger charge is -2.13. The van der Waals surface area contributed by atoms with Crippen molar-refractivity contribution in [2.24, 2.45) is 0 Å². The SMILES string of the molecule is N#Cc1cnc2c(F)c(F)c(F)cc2c1NCCNc1cccc(F)n1. The molecule has 0 aliphatic carbocycles. The van der Waals surface area contributed by atoms with Crippen molar-refractivity contribution >= 4 is 22.4 Å². The average molecular weight is 361 g/mol. The maximum absolute atomic E-state index is 13.9. The number of rotatable bonds is 5. The summed E-state index contributed by atoms with van der Waals surface area (Å²) in [7, 11) is 0. The third kappa shape index (κ3) is 3.35. The third-order valence-corrected chi connectivity index (χ3v) is 3.57. The van der Waals surface area contributed by atoms with Crippen molar-refractivity contribution in [2.75, 3.05) is 23.7 Å². The molecular formula is C17H11F4N5. The molecule has 0 radical (unpaired) electrons. The largest absolute Gasteiger partial charge is 0.382 e. The van der Waals surface area contributed by atoms with E-state index in [0.29, 0.717) is 5.82 Å². The second-order valence-corrected chi connectivity index (χ2v) is 5.24. The van der Waals surface area contributed by atoms with E-state index in [9.17, 15) is 22.8 Å². The van der Waals surface area contributed by atoms with Crippen molar-refractivity contribution in [3.63, 3.8) is 0 Å². The monoisotopic (exact) mass is 361 g/mol. The van der Waals surface area contributed by atoms with Crippen molar-refractivity contribution in [3.05, 3.63) is 59.4 Å². The topological polar surface area (TPSA) is 73.6 Å². The molecule has 0 fully saturated rings. The first-order valence-electron chi connectivity index (χ1n) is 7.48. The predicted molar refractivity (Wildman–Crippen MR) is 87.5 cm³/mol. The quantitative estimate of drug-likeness (QED) is 0.315. The van der Waals surface area contributed by atoms with Gasteiger partial charge >= 0.3 is 0 Å². The Morgan fingerprint density at radius 3 is 2.54 bits per heavy atom. The minimum atomic E-state index is -1.63. The Labute approximate surface area is 145 Å². The molecule has 0 spiro atoms. The van der Waals surface area contributed by atoms with E-state index in [2.05, 4.69) is 20.6 Å². The van der Waals surface area contributed by atoms with Crippen molar-refractivity contribution in [1.29, 1.82) is 5.26 Å². The number of hydrogen-bond acceptors (Lipinski definition) is 5. The summed E-state index contributed by atoms with van der Waals surface area (Å²) in [5.41, 5.74) is -0.207. The minimum absolute atomic E-state index is 0.0480. The fourth-order valence-electron chi connectivity index (χ4n) is 2.40. The molecule has 0 aliphatic heterocycles. The van der Waals surface area contributed by atoms with Crippen LogP contribution in [-0.2, 0) is 0 Å². The number of aromatic nitrogens is 2. The van der Waals surface area contributed by atoms with Crippen LogP contribution in [0.1, 0.15) is 5.56 Å². The van der Waals surface area contributed by atoms with Gasteiger partial charge in [0.1, 0.15) is 17.4 Å². The molecular weight excluding hydrogens is 350 g/mol. The van der Waals surface area contributed by atoms with Gasteiger partial charge in [0, 0.05) is 24.7 Å². The molecule has 0 unspecified atom stereocenters. The fourth-order valence-corrected chi connectivity index (χ4v) is 2.40. The highest BCUT2D eigenvalue weighted by Crippen LogP contribution is 2.29. The highest BCUT2D eigenvalue weighted by Gasteiger charge is 2.18. The van der Waals surface area contributed by atoms with Gasteiger partial charge in [0.25, 0.3) is 0 Å². The lowest BCUT2D eigenvalue weighted by atomic mass is 10.1. The number of nitrogens with zero attached hydrogens (tertiary/aromatic N) is 3. The van der Waals surface area contributed by atoms with E-state index < -0.39 is 23.4 Å². The Balaban J connectivity index is 1.83. The summed E-state index contributed by atoms with van der Waals surface area (Å²) in [5.74, 6) is -4.75. The van der Waals surface area contributed by atoms with Crippen LogP contribution in [0.3, 0.4) is 0 Å². The first-order chi connectivity index (χ1) is 12.5. The van der Waals surface area contributed by atoms with Crippen molar-refractivity contribution in [3.8, 4) is 6.07 Å². The highest BCUT2D eigenvalue weighted by atomic mass is 19.2. The van der Waals surface area contributed by atoms with Gasteiger partial charge in [-0.3, -0.25) is 4.98 Å². The molecule has 3 aromatic rings. The van der Waals surface area contributed by atoms with E-state index in [0.717, 1.165) is 12.3 Å². The number of pyridine rings is 2. The molecule has 26 heavy (non-hydrogen) atoms. The van der Waals surface area contributed by atoms with E-state index in [1.54, 1.807) is 6.07 Å². The summed E-state index contributed by atoms with van der Waals surface area (Å²) in [4.78, 5) is 7.31. The van der Waals surface area contributed by atoms with Gasteiger partial charge in [0.05, 0.1) is 11.3 Å². The van der Waals surface area contributed by atoms with Crippen LogP contribution in [0.25, 0.3) is 10.9 Å². The van der Waals surface area contributed by atoms with Crippen LogP contribution < -0.4 is 10.6 Å². The summed E-state index contributed by atoms with van der Waals surface area (Å²) in [6, 6.07) is 6.90. The van der Waals surface area contributed by atoms with Crippen LogP contribution >= 0.6 is 0 Å². The van der Waals surface area contributed by atoms with Gasteiger partial charge < -0.3 is 10.6 Å². The number of fused-ring (bicyclic) bond motifs is 1. The summed E-state index contributed by atoms with van der Waals surface area (Å²) in [5, 5.41) is 14.8. The minimum Gasteiger partial charge on any atom is -0.382 e. The maximum atomic E-state index is 13.9. The Hall–Kier alpha value is -3.41. The Bertz CT molecular complexity index is 1020. The zero-order valence-corrected chi connectivity index (χ0v) is 13.2. The number of anilines is 2. The number of halogens is 4. The van der Waals surface area contributed by atoms with E-state index in [-0.39, 0.29) is 35.2 Å². The van der Waals surface area contributed by atoms with Crippen LogP contribution in [0, 0.1) is 34.7 Å². The molecule has 1 aromatic carbocycles. The summed E-state index contributed by atoms with van der Waals surface area (Å²) >= 11 is 0. The zero-order chi connectivity index (χ0) is 18.7. The summed E-state index contributed by atoms with van der Waals surface area (Å²) < 4.78 is 53.8. The Morgan fingerprint density at radius 2 is 1.81 bits per heavy atom. The smallest absolute Gasteiger partial charge is 0.214 e. The van der Waals surface area contributed by atoms with Crippen molar-refractivity contribution in [1.82, 2.24) is 9.97 Å². The van der Waals surface area contributed by atoms with Gasteiger partial charge in [-0.1, -0.05) is 6.07 Å². The second-order valence-electron chi connectivity index (χ2n) is 5.24. The number of hydrogen-bond donors (Lipinski definition) is 2. The molecule has 2 N–H and O–H groups in total. The molecule has 0 saturated heterocycles. The average Bonchev–Trinajstić information content (AvgIpc) is 2.63. The van der Waals surface area contributed by atoms with Gasteiger partial charge in [-0.15, -0.1) is 0 Å². The summed E-state index contributed by atoms with van der Waals surface area (Å²) in [6.07, 6.45) is 1.08. The second kappa shape index (κ2) is 7.23. The number of nitrogens with one attached hydrogen (secondary N) is 2. The molecule has 2 heterocycles. The van der Waals surface area contributed by atoms with Gasteiger partial charge in [-0.05, 0) is 18.2 Å². The van der Waals surface area contributed by atoms with E-state index in [4.69, 9.17) is 0 Å². The van der Waals surface area contributed by atoms with Crippen LogP contribution in [0.15, 0.2) is 30.5 Å². The van der Waals surface area contributed by atoms with Crippen molar-refractivity contribution in [2.45, 2.75) is 0 Å². The van der Waals surface area contributed by atoms with E-state index in [1.165, 1.54) is 12.1 Å². The molecule has 0 saturated carbocycles. The lowest BCUT2D eigenvalue weighted by molar-refractivity contribution is 0.452. The molecule has 0 amide bonds. The van der Waals surface area contributed by atoms with E-state index in [1.807, 2.05) is 6.07 Å². The lowest BCUT2D eigenvalue weighted by Crippen LogP contribution is -2.15. The number of benzene rings is 1. The molecule has 0 bridgehead atoms. The first-order valence-corrected chi connectivity index (χ1v) is 7.48. The molecule has 9 heteroatoms. The molecule has 2 aromatic heterocycles. The Kier molecular flexibility index (Phi) is 4.84. The van der Waals surface area contributed by atoms with E-state index >= 15 is 0 Å². The normalized spacial score (nSPS) is 10.6. The maximum Gasteiger partial charge on any atom is 0.214 e. The molecule has 132 valence electrons. The van der Waals surface area contributed by atoms with Gasteiger partial charge in [-0.25, -0.2) is 18.2 Å². The standard InChI is InChI=1S/C17H11F4N5/c18-11-6-10-16(9(7-22)8-25-17(10)15(21)14(11)20)24-5-4-23-13-3-1-2-12(19)26-13/h1-3,6,8H,4-5H2,(H,23,26)(H,24,25). The van der Waals surface area contributed by atoms with Gasteiger partial charge in [-0.2, -0.15) is 9.65 Å². The van der Waals surface area contributed by atoms with Gasteiger partial charge in [0.15, 0.2) is 17.5 Å². The Morgan fingerprint density at radius 1 is 1.04 bits per heavy atom. The number of nitriles is 1. The van der Waals surface area contributed by atoms with Crippen LogP contribution in [0.2, 0.25) is 0 Å². The van der Waals surface area contributed by atoms with Crippen molar-refractivity contribution < 1.29 is 17.6 Å². The molecule has 0 aliphatic rings. The fraction of sp³-hybridized carbons (Fsp3) is 0.118. The molecule has 3 rings (SSSR count). The molecule has 5 nitrogen and oxygen atoms in total. The third-order valence-electron chi connectivity index (χ3n) is 3.57. The molecule has 0 atom stereocenters. The predicted octanol–water partition coefficient (Wildman–Crippen LogP) is 3.58. The van der Waals surface area contributed by atoms with Crippen LogP contribution in [-0.4, -0.2) is 23.1 Å². The summed E-state index contributed by atoms with van der Waals surface area (Å²) in [6.45, 7) is 0.490. The highest BCUT2D eigenvalue weighted by molar-refractivity contribution is 5.94. The van der Waals surface area contributed by atoms with Gasteiger partial charge in [0.2, 0.25) is 5.95 Å². The first kappa shape index (κ1) is 17.4.